The molecular weight excluding hydrogens is 288 g/mol. The van der Waals surface area contributed by atoms with Crippen LogP contribution in [-0.4, -0.2) is 23.8 Å². The minimum atomic E-state index is -0.273. The van der Waals surface area contributed by atoms with E-state index in [1.54, 1.807) is 0 Å². The number of allylic oxidation sites excluding steroid dienone is 1. The van der Waals surface area contributed by atoms with Crippen LogP contribution in [0.25, 0.3) is 0 Å². The Morgan fingerprint density at radius 2 is 1.61 bits per heavy atom. The summed E-state index contributed by atoms with van der Waals surface area (Å²) in [6, 6.07) is 0. The lowest BCUT2D eigenvalue weighted by atomic mass is 10.1. The number of hydrogen-bond acceptors (Lipinski definition) is 3. The summed E-state index contributed by atoms with van der Waals surface area (Å²) in [6.07, 6.45) is 18.1. The number of unbranched alkanes of at least 4 members (excludes halogenated alkanes) is 9. The fraction of sp³-hybridized carbons (Fsp3) is 0.850. The molecule has 0 aromatic carbocycles. The van der Waals surface area contributed by atoms with Gasteiger partial charge in [0.2, 0.25) is 0 Å². The summed E-state index contributed by atoms with van der Waals surface area (Å²) in [5.41, 5.74) is 0. The lowest BCUT2D eigenvalue weighted by molar-refractivity contribution is -0.143. The van der Waals surface area contributed by atoms with E-state index in [9.17, 15) is 9.90 Å². The van der Waals surface area contributed by atoms with E-state index in [4.69, 9.17) is 4.74 Å². The predicted molar refractivity (Wildman–Crippen MR) is 97.5 cm³/mol. The second-order valence-corrected chi connectivity index (χ2v) is 6.31. The smallest absolute Gasteiger partial charge is 0.305 e. The van der Waals surface area contributed by atoms with Gasteiger partial charge in [0.15, 0.2) is 0 Å². The van der Waals surface area contributed by atoms with Gasteiger partial charge in [-0.2, -0.15) is 0 Å². The van der Waals surface area contributed by atoms with E-state index in [0.717, 1.165) is 44.9 Å². The third-order valence-corrected chi connectivity index (χ3v) is 4.02. The molecule has 0 aromatic rings. The van der Waals surface area contributed by atoms with Gasteiger partial charge in [0, 0.05) is 6.42 Å². The summed E-state index contributed by atoms with van der Waals surface area (Å²) in [4.78, 5) is 11.2. The highest BCUT2D eigenvalue weighted by atomic mass is 16.5. The molecule has 1 N–H and O–H groups in total. The first kappa shape index (κ1) is 22.2. The number of carbonyl (C=O) groups excluding carboxylic acids is 1. The van der Waals surface area contributed by atoms with Crippen LogP contribution in [0.2, 0.25) is 0 Å². The predicted octanol–water partition coefficient (Wildman–Crippen LogP) is 5.56. The highest BCUT2D eigenvalue weighted by Gasteiger charge is 2.01. The molecule has 23 heavy (non-hydrogen) atoms. The SMILES string of the molecule is CCCCCCCC[C@@H](O)/C=C\CCCCCCC(=O)OCC. The second-order valence-electron chi connectivity index (χ2n) is 6.31. The normalized spacial score (nSPS) is 12.7. The van der Waals surface area contributed by atoms with Gasteiger partial charge in [0.25, 0.3) is 0 Å². The zero-order chi connectivity index (χ0) is 17.2. The Morgan fingerprint density at radius 3 is 2.35 bits per heavy atom. The van der Waals surface area contributed by atoms with Crippen LogP contribution < -0.4 is 0 Å². The molecule has 136 valence electrons. The standard InChI is InChI=1S/C20H38O3/c1-3-5-6-7-10-13-16-19(21)17-14-11-8-9-12-15-18-20(22)23-4-2/h14,17,19,21H,3-13,15-16,18H2,1-2H3/b17-14-/t19-/m1/s1. The fourth-order valence-corrected chi connectivity index (χ4v) is 2.60. The maximum absolute atomic E-state index is 11.2. The van der Waals surface area contributed by atoms with Crippen LogP contribution in [0, 0.1) is 0 Å². The van der Waals surface area contributed by atoms with E-state index in [-0.39, 0.29) is 12.1 Å². The molecule has 0 rings (SSSR count). The topological polar surface area (TPSA) is 46.5 Å². The van der Waals surface area contributed by atoms with Crippen LogP contribution in [0.4, 0.5) is 0 Å². The van der Waals surface area contributed by atoms with E-state index >= 15 is 0 Å². The number of carbonyl (C=O) groups is 1. The van der Waals surface area contributed by atoms with Gasteiger partial charge in [-0.1, -0.05) is 70.4 Å². The Morgan fingerprint density at radius 1 is 0.957 bits per heavy atom. The Balaban J connectivity index is 3.33. The molecule has 0 aromatic heterocycles. The third-order valence-electron chi connectivity index (χ3n) is 4.02. The van der Waals surface area contributed by atoms with Crippen molar-refractivity contribution in [2.24, 2.45) is 0 Å². The van der Waals surface area contributed by atoms with Crippen LogP contribution in [-0.2, 0) is 9.53 Å². The Bertz CT molecular complexity index is 287. The first-order valence-corrected chi connectivity index (χ1v) is 9.71. The molecule has 0 saturated carbocycles. The minimum Gasteiger partial charge on any atom is -0.466 e. The molecule has 1 atom stereocenters. The third kappa shape index (κ3) is 17.4. The summed E-state index contributed by atoms with van der Waals surface area (Å²) >= 11 is 0. The zero-order valence-corrected chi connectivity index (χ0v) is 15.4. The van der Waals surface area contributed by atoms with Crippen molar-refractivity contribution in [1.29, 1.82) is 0 Å². The van der Waals surface area contributed by atoms with Crippen LogP contribution in [0.5, 0.6) is 0 Å². The number of esters is 1. The lowest BCUT2D eigenvalue weighted by Gasteiger charge is -2.05. The fourth-order valence-electron chi connectivity index (χ4n) is 2.60. The Kier molecular flexibility index (Phi) is 16.9. The molecule has 0 heterocycles. The molecule has 0 spiro atoms. The van der Waals surface area contributed by atoms with Crippen molar-refractivity contribution in [2.75, 3.05) is 6.61 Å². The molecule has 0 bridgehead atoms. The Labute approximate surface area is 143 Å². The van der Waals surface area contributed by atoms with Gasteiger partial charge >= 0.3 is 5.97 Å². The lowest BCUT2D eigenvalue weighted by Crippen LogP contribution is -2.03. The largest absolute Gasteiger partial charge is 0.466 e. The van der Waals surface area contributed by atoms with Crippen LogP contribution in [0.3, 0.4) is 0 Å². The average molecular weight is 327 g/mol. The average Bonchev–Trinajstić information content (AvgIpc) is 2.53. The van der Waals surface area contributed by atoms with Gasteiger partial charge in [-0.3, -0.25) is 4.79 Å². The molecule has 0 radical (unpaired) electrons. The molecule has 0 unspecified atom stereocenters. The number of aliphatic hydroxyl groups is 1. The first-order chi connectivity index (χ1) is 11.2. The van der Waals surface area contributed by atoms with Crippen LogP contribution >= 0.6 is 0 Å². The van der Waals surface area contributed by atoms with Gasteiger partial charge < -0.3 is 9.84 Å². The molecule has 3 nitrogen and oxygen atoms in total. The molecule has 0 aliphatic rings. The zero-order valence-electron chi connectivity index (χ0n) is 15.4. The van der Waals surface area contributed by atoms with Gasteiger partial charge in [-0.15, -0.1) is 0 Å². The molecule has 0 amide bonds. The second kappa shape index (κ2) is 17.5. The van der Waals surface area contributed by atoms with Gasteiger partial charge in [-0.25, -0.2) is 0 Å². The minimum absolute atomic E-state index is 0.0785. The van der Waals surface area contributed by atoms with Crippen molar-refractivity contribution in [1.82, 2.24) is 0 Å². The summed E-state index contributed by atoms with van der Waals surface area (Å²) in [6.45, 7) is 4.55. The maximum Gasteiger partial charge on any atom is 0.305 e. The molecule has 3 heteroatoms. The van der Waals surface area contributed by atoms with Gasteiger partial charge in [0.05, 0.1) is 12.7 Å². The summed E-state index contributed by atoms with van der Waals surface area (Å²) in [7, 11) is 0. The van der Waals surface area contributed by atoms with E-state index in [1.807, 2.05) is 13.0 Å². The first-order valence-electron chi connectivity index (χ1n) is 9.71. The van der Waals surface area contributed by atoms with E-state index in [1.165, 1.54) is 32.1 Å². The Hall–Kier alpha value is -0.830. The monoisotopic (exact) mass is 326 g/mol. The molecule has 0 fully saturated rings. The molecule has 0 aliphatic heterocycles. The van der Waals surface area contributed by atoms with Crippen molar-refractivity contribution in [3.63, 3.8) is 0 Å². The van der Waals surface area contributed by atoms with Crippen molar-refractivity contribution < 1.29 is 14.6 Å². The number of hydrogen-bond donors (Lipinski definition) is 1. The quantitative estimate of drug-likeness (QED) is 0.229. The summed E-state index contributed by atoms with van der Waals surface area (Å²) in [5, 5.41) is 9.87. The van der Waals surface area contributed by atoms with Gasteiger partial charge in [-0.05, 0) is 32.6 Å². The van der Waals surface area contributed by atoms with Crippen LogP contribution in [0.1, 0.15) is 97.3 Å². The summed E-state index contributed by atoms with van der Waals surface area (Å²) < 4.78 is 4.89. The van der Waals surface area contributed by atoms with E-state index < -0.39 is 0 Å². The molecule has 0 aliphatic carbocycles. The number of ether oxygens (including phenoxy) is 1. The highest BCUT2D eigenvalue weighted by molar-refractivity contribution is 5.69. The van der Waals surface area contributed by atoms with Crippen molar-refractivity contribution in [3.05, 3.63) is 12.2 Å². The molecular formula is C20H38O3. The molecule has 0 saturated heterocycles. The maximum atomic E-state index is 11.2. The number of aliphatic hydroxyl groups excluding tert-OH is 1. The van der Waals surface area contributed by atoms with Crippen LogP contribution in [0.15, 0.2) is 12.2 Å². The van der Waals surface area contributed by atoms with Crippen molar-refractivity contribution >= 4 is 5.97 Å². The summed E-state index contributed by atoms with van der Waals surface area (Å²) in [5.74, 6) is -0.0785. The van der Waals surface area contributed by atoms with Crippen molar-refractivity contribution in [2.45, 2.75) is 103 Å². The highest BCUT2D eigenvalue weighted by Crippen LogP contribution is 2.10. The number of rotatable bonds is 16. The van der Waals surface area contributed by atoms with Crippen molar-refractivity contribution in [3.8, 4) is 0 Å². The van der Waals surface area contributed by atoms with Gasteiger partial charge in [0.1, 0.15) is 0 Å². The van der Waals surface area contributed by atoms with E-state index in [0.29, 0.717) is 13.0 Å². The van der Waals surface area contributed by atoms with E-state index in [2.05, 4.69) is 13.0 Å².